The van der Waals surface area contributed by atoms with Gasteiger partial charge in [-0.1, -0.05) is 19.8 Å². The van der Waals surface area contributed by atoms with Gasteiger partial charge in [-0.3, -0.25) is 0 Å². The van der Waals surface area contributed by atoms with Crippen LogP contribution < -0.4 is 5.73 Å². The highest BCUT2D eigenvalue weighted by atomic mass is 32.5. The average molecular weight is 239 g/mol. The lowest BCUT2D eigenvalue weighted by Gasteiger charge is -2.38. The first-order valence-electron chi connectivity index (χ1n) is 4.81. The van der Waals surface area contributed by atoms with Crippen LogP contribution in [-0.2, 0) is 11.8 Å². The lowest BCUT2D eigenvalue weighted by atomic mass is 9.91. The van der Waals surface area contributed by atoms with Crippen LogP contribution in [0.4, 0.5) is 0 Å². The highest BCUT2D eigenvalue weighted by molar-refractivity contribution is 8.09. The zero-order valence-corrected chi connectivity index (χ0v) is 9.97. The monoisotopic (exact) mass is 239 g/mol. The number of nitrogens with two attached hydrogens (primary N) is 1. The van der Waals surface area contributed by atoms with Crippen molar-refractivity contribution in [2.45, 2.75) is 31.5 Å². The van der Waals surface area contributed by atoms with Crippen LogP contribution in [0.1, 0.15) is 26.2 Å². The largest absolute Gasteiger partial charge is 0.378 e. The highest BCUT2D eigenvalue weighted by Crippen LogP contribution is 2.57. The molecule has 0 aromatic carbocycles. The van der Waals surface area contributed by atoms with Gasteiger partial charge in [0.25, 0.3) is 0 Å². The van der Waals surface area contributed by atoms with E-state index in [0.29, 0.717) is 0 Å². The first-order valence-corrected chi connectivity index (χ1v) is 7.52. The summed E-state index contributed by atoms with van der Waals surface area (Å²) in [6.45, 7) is -1.90. The van der Waals surface area contributed by atoms with Gasteiger partial charge in [-0.15, -0.1) is 0 Å². The predicted octanol–water partition coefficient (Wildman–Crippen LogP) is 0.364. The molecule has 1 unspecified atom stereocenters. The zero-order valence-electron chi connectivity index (χ0n) is 8.26. The summed E-state index contributed by atoms with van der Waals surface area (Å²) in [5, 5.41) is 8.49. The Balaban J connectivity index is 2.95. The van der Waals surface area contributed by atoms with E-state index in [-0.39, 0.29) is 18.4 Å². The Morgan fingerprint density at radius 3 is 2.36 bits per heavy atom. The second-order valence-electron chi connectivity index (χ2n) is 4.14. The van der Waals surface area contributed by atoms with E-state index < -0.39 is 11.8 Å². The van der Waals surface area contributed by atoms with Crippen molar-refractivity contribution in [3.05, 3.63) is 0 Å². The molecule has 1 rings (SSSR count). The van der Waals surface area contributed by atoms with E-state index in [9.17, 15) is 14.9 Å². The van der Waals surface area contributed by atoms with Gasteiger partial charge in [0.15, 0.2) is 5.34 Å². The van der Waals surface area contributed by atoms with Crippen molar-refractivity contribution in [2.24, 2.45) is 17.6 Å². The SMILES string of the molecule is C[C@@H]1CCC[C@H]1C(O)(CN)P(O)(O)=S. The molecule has 5 N–H and O–H groups in total. The summed E-state index contributed by atoms with van der Waals surface area (Å²) in [5.41, 5.74) is 5.43. The van der Waals surface area contributed by atoms with Crippen molar-refractivity contribution < 1.29 is 14.9 Å². The standard InChI is InChI=1S/C8H18NO3PS/c1-6-3-2-4-7(6)8(10,5-9)13(11,12)14/h6-7,10H,2-5,9H2,1H3,(H2,11,12,14)/t6-,7-,8?/m1/s1. The second kappa shape index (κ2) is 4.16. The quantitative estimate of drug-likeness (QED) is 0.534. The summed E-state index contributed by atoms with van der Waals surface area (Å²) in [5.74, 6) is 0.0820. The van der Waals surface area contributed by atoms with Crippen LogP contribution in [0.3, 0.4) is 0 Å². The summed E-state index contributed by atoms with van der Waals surface area (Å²) < 4.78 is 0. The van der Waals surface area contributed by atoms with Crippen LogP contribution in [0.2, 0.25) is 0 Å². The maximum absolute atomic E-state index is 10.1. The maximum atomic E-state index is 10.1. The molecule has 14 heavy (non-hydrogen) atoms. The smallest absolute Gasteiger partial charge is 0.216 e. The molecular formula is C8H18NO3PS. The molecule has 4 nitrogen and oxygen atoms in total. The minimum Gasteiger partial charge on any atom is -0.378 e. The van der Waals surface area contributed by atoms with Crippen LogP contribution in [0.15, 0.2) is 0 Å². The van der Waals surface area contributed by atoms with Gasteiger partial charge in [-0.2, -0.15) is 0 Å². The first kappa shape index (κ1) is 12.6. The molecule has 84 valence electrons. The fourth-order valence-electron chi connectivity index (χ4n) is 2.32. The summed E-state index contributed by atoms with van der Waals surface area (Å²) in [6.07, 6.45) is 2.75. The van der Waals surface area contributed by atoms with E-state index in [4.69, 9.17) is 5.73 Å². The van der Waals surface area contributed by atoms with Crippen molar-refractivity contribution in [1.29, 1.82) is 0 Å². The van der Waals surface area contributed by atoms with Gasteiger partial charge in [0.05, 0.1) is 0 Å². The molecule has 0 amide bonds. The van der Waals surface area contributed by atoms with E-state index in [1.807, 2.05) is 6.92 Å². The molecule has 1 saturated carbocycles. The molecule has 3 atom stereocenters. The molecule has 0 aromatic rings. The van der Waals surface area contributed by atoms with Gasteiger partial charge in [-0.05, 0) is 24.1 Å². The third-order valence-electron chi connectivity index (χ3n) is 3.26. The minimum absolute atomic E-state index is 0.173. The molecule has 0 aromatic heterocycles. The normalized spacial score (nSPS) is 32.9. The third kappa shape index (κ3) is 2.03. The number of rotatable bonds is 3. The predicted molar refractivity (Wildman–Crippen MR) is 59.2 cm³/mol. The molecule has 1 aliphatic rings. The number of hydrogen-bond acceptors (Lipinski definition) is 3. The average Bonchev–Trinajstić information content (AvgIpc) is 2.48. The summed E-state index contributed by atoms with van der Waals surface area (Å²) in [4.78, 5) is 18.9. The Kier molecular flexibility index (Phi) is 3.73. The van der Waals surface area contributed by atoms with Gasteiger partial charge in [0.1, 0.15) is 0 Å². The van der Waals surface area contributed by atoms with Crippen molar-refractivity contribution >= 4 is 18.3 Å². The fourth-order valence-corrected chi connectivity index (χ4v) is 4.00. The fraction of sp³-hybridized carbons (Fsp3) is 1.00. The molecule has 0 spiro atoms. The Morgan fingerprint density at radius 2 is 2.07 bits per heavy atom. The van der Waals surface area contributed by atoms with E-state index in [0.717, 1.165) is 19.3 Å². The summed E-state index contributed by atoms with van der Waals surface area (Å²) in [6, 6.07) is 0. The van der Waals surface area contributed by atoms with E-state index in [1.54, 1.807) is 0 Å². The molecular weight excluding hydrogens is 221 g/mol. The Labute approximate surface area is 89.3 Å². The van der Waals surface area contributed by atoms with Crippen molar-refractivity contribution in [2.75, 3.05) is 6.54 Å². The summed E-state index contributed by atoms with van der Waals surface area (Å²) in [7, 11) is 0. The van der Waals surface area contributed by atoms with E-state index >= 15 is 0 Å². The first-order chi connectivity index (χ1) is 6.33. The van der Waals surface area contributed by atoms with Crippen LogP contribution >= 0.6 is 6.49 Å². The molecule has 0 saturated heterocycles. The molecule has 0 bridgehead atoms. The van der Waals surface area contributed by atoms with Gasteiger partial charge >= 0.3 is 0 Å². The van der Waals surface area contributed by atoms with Crippen LogP contribution in [0.5, 0.6) is 0 Å². The molecule has 0 radical (unpaired) electrons. The lowest BCUT2D eigenvalue weighted by Crippen LogP contribution is -2.45. The van der Waals surface area contributed by atoms with Gasteiger partial charge < -0.3 is 20.6 Å². The van der Waals surface area contributed by atoms with Gasteiger partial charge in [-0.25, -0.2) is 0 Å². The Bertz CT molecular complexity index is 257. The number of hydrogen-bond donors (Lipinski definition) is 4. The number of aliphatic hydroxyl groups is 1. The highest BCUT2D eigenvalue weighted by Gasteiger charge is 2.50. The maximum Gasteiger partial charge on any atom is 0.216 e. The third-order valence-corrected chi connectivity index (χ3v) is 5.73. The molecule has 1 fully saturated rings. The minimum atomic E-state index is -3.71. The zero-order chi connectivity index (χ0) is 11.0. The van der Waals surface area contributed by atoms with E-state index in [2.05, 4.69) is 11.8 Å². The Hall–Kier alpha value is 0.490. The van der Waals surface area contributed by atoms with Crippen LogP contribution in [-0.4, -0.2) is 26.8 Å². The lowest BCUT2D eigenvalue weighted by molar-refractivity contribution is 0.0390. The van der Waals surface area contributed by atoms with Gasteiger partial charge in [0, 0.05) is 12.5 Å². The van der Waals surface area contributed by atoms with Crippen LogP contribution in [0, 0.1) is 11.8 Å². The molecule has 1 aliphatic carbocycles. The second-order valence-corrected chi connectivity index (χ2v) is 7.53. The molecule has 0 heterocycles. The topological polar surface area (TPSA) is 86.7 Å². The van der Waals surface area contributed by atoms with E-state index in [1.165, 1.54) is 0 Å². The van der Waals surface area contributed by atoms with Crippen molar-refractivity contribution in [3.8, 4) is 0 Å². The van der Waals surface area contributed by atoms with Crippen molar-refractivity contribution in [1.82, 2.24) is 0 Å². The molecule has 0 aliphatic heterocycles. The molecule has 6 heteroatoms. The van der Waals surface area contributed by atoms with Crippen molar-refractivity contribution in [3.63, 3.8) is 0 Å². The summed E-state index contributed by atoms with van der Waals surface area (Å²) >= 11 is 4.60. The van der Waals surface area contributed by atoms with Gasteiger partial charge in [0.2, 0.25) is 6.49 Å². The Morgan fingerprint density at radius 1 is 1.50 bits per heavy atom. The van der Waals surface area contributed by atoms with Crippen LogP contribution in [0.25, 0.3) is 0 Å².